The molecule has 4 nitrogen and oxygen atoms in total. The monoisotopic (exact) mass is 234 g/mol. The van der Waals surface area contributed by atoms with Crippen LogP contribution in [0.15, 0.2) is 12.4 Å². The number of nitrogens with zero attached hydrogens (tertiary/aromatic N) is 3. The molecule has 1 aliphatic heterocycles. The summed E-state index contributed by atoms with van der Waals surface area (Å²) in [6.45, 7) is 6.14. The number of hydrogen-bond acceptors (Lipinski definition) is 4. The fourth-order valence-electron chi connectivity index (χ4n) is 2.42. The van der Waals surface area contributed by atoms with E-state index in [0.717, 1.165) is 25.3 Å². The van der Waals surface area contributed by atoms with Gasteiger partial charge in [0, 0.05) is 31.5 Å². The first kappa shape index (κ1) is 12.3. The summed E-state index contributed by atoms with van der Waals surface area (Å²) < 4.78 is 0. The Morgan fingerprint density at radius 1 is 1.41 bits per heavy atom. The van der Waals surface area contributed by atoms with Crippen molar-refractivity contribution in [3.05, 3.63) is 18.0 Å². The van der Waals surface area contributed by atoms with Crippen LogP contribution in [0.4, 0.5) is 5.95 Å². The summed E-state index contributed by atoms with van der Waals surface area (Å²) >= 11 is 0. The lowest BCUT2D eigenvalue weighted by molar-refractivity contribution is 0.639. The van der Waals surface area contributed by atoms with Crippen LogP contribution < -0.4 is 10.6 Å². The molecule has 1 atom stereocenters. The summed E-state index contributed by atoms with van der Waals surface area (Å²) in [5.41, 5.74) is 6.98. The third-order valence-electron chi connectivity index (χ3n) is 3.24. The van der Waals surface area contributed by atoms with Crippen molar-refractivity contribution in [2.45, 2.75) is 39.2 Å². The second-order valence-corrected chi connectivity index (χ2v) is 5.21. The third-order valence-corrected chi connectivity index (χ3v) is 3.24. The molecule has 1 aliphatic rings. The average molecular weight is 234 g/mol. The smallest absolute Gasteiger partial charge is 0.225 e. The minimum absolute atomic E-state index is 0.422. The number of aromatic nitrogens is 2. The van der Waals surface area contributed by atoms with Crippen LogP contribution >= 0.6 is 0 Å². The zero-order valence-corrected chi connectivity index (χ0v) is 10.8. The highest BCUT2D eigenvalue weighted by molar-refractivity contribution is 5.33. The van der Waals surface area contributed by atoms with Crippen molar-refractivity contribution in [1.29, 1.82) is 0 Å². The highest BCUT2D eigenvalue weighted by Crippen LogP contribution is 2.21. The van der Waals surface area contributed by atoms with E-state index in [2.05, 4.69) is 28.7 Å². The molecule has 0 bridgehead atoms. The largest absolute Gasteiger partial charge is 0.337 e. The lowest BCUT2D eigenvalue weighted by Crippen LogP contribution is -2.36. The van der Waals surface area contributed by atoms with Crippen molar-refractivity contribution in [2.75, 3.05) is 18.0 Å². The molecule has 0 saturated carbocycles. The van der Waals surface area contributed by atoms with Crippen LogP contribution in [0.5, 0.6) is 0 Å². The molecule has 2 heterocycles. The van der Waals surface area contributed by atoms with E-state index >= 15 is 0 Å². The number of nitrogens with two attached hydrogens (primary N) is 1. The van der Waals surface area contributed by atoms with Crippen LogP contribution in [-0.2, 0) is 6.42 Å². The minimum atomic E-state index is 0.422. The van der Waals surface area contributed by atoms with Gasteiger partial charge < -0.3 is 10.6 Å². The molecule has 2 rings (SSSR count). The third kappa shape index (κ3) is 2.94. The molecule has 1 saturated heterocycles. The topological polar surface area (TPSA) is 55.0 Å². The van der Waals surface area contributed by atoms with E-state index in [4.69, 9.17) is 5.73 Å². The van der Waals surface area contributed by atoms with Gasteiger partial charge in [-0.1, -0.05) is 13.8 Å². The lowest BCUT2D eigenvalue weighted by Gasteiger charge is -2.23. The summed E-state index contributed by atoms with van der Waals surface area (Å²) in [4.78, 5) is 11.2. The molecule has 94 valence electrons. The van der Waals surface area contributed by atoms with Crippen LogP contribution in [-0.4, -0.2) is 29.1 Å². The molecule has 0 radical (unpaired) electrons. The van der Waals surface area contributed by atoms with Gasteiger partial charge in [-0.15, -0.1) is 0 Å². The molecule has 2 N–H and O–H groups in total. The minimum Gasteiger partial charge on any atom is -0.337 e. The highest BCUT2D eigenvalue weighted by Gasteiger charge is 2.25. The zero-order chi connectivity index (χ0) is 12.3. The standard InChI is InChI=1S/C13H22N4/c1-10(2)6-11-8-15-13(16-9-11)17-5-3-4-12(17)7-14/h8-10,12H,3-7,14H2,1-2H3. The Kier molecular flexibility index (Phi) is 3.94. The van der Waals surface area contributed by atoms with Gasteiger partial charge in [0.15, 0.2) is 0 Å². The Hall–Kier alpha value is -1.16. The van der Waals surface area contributed by atoms with E-state index in [0.29, 0.717) is 18.5 Å². The van der Waals surface area contributed by atoms with E-state index in [1.807, 2.05) is 12.4 Å². The summed E-state index contributed by atoms with van der Waals surface area (Å²) in [5, 5.41) is 0. The fourth-order valence-corrected chi connectivity index (χ4v) is 2.42. The van der Waals surface area contributed by atoms with Gasteiger partial charge in [-0.25, -0.2) is 9.97 Å². The Morgan fingerprint density at radius 3 is 2.71 bits per heavy atom. The molecule has 0 aliphatic carbocycles. The first-order valence-corrected chi connectivity index (χ1v) is 6.48. The van der Waals surface area contributed by atoms with Gasteiger partial charge in [-0.3, -0.25) is 0 Å². The van der Waals surface area contributed by atoms with Gasteiger partial charge in [0.25, 0.3) is 0 Å². The lowest BCUT2D eigenvalue weighted by atomic mass is 10.1. The quantitative estimate of drug-likeness (QED) is 0.860. The van der Waals surface area contributed by atoms with Crippen molar-refractivity contribution in [1.82, 2.24) is 9.97 Å². The van der Waals surface area contributed by atoms with E-state index in [1.54, 1.807) is 0 Å². The van der Waals surface area contributed by atoms with Crippen LogP contribution in [0, 0.1) is 5.92 Å². The summed E-state index contributed by atoms with van der Waals surface area (Å²) in [6, 6.07) is 0.422. The average Bonchev–Trinajstić information content (AvgIpc) is 2.77. The Bertz CT molecular complexity index is 347. The molecule has 0 aromatic carbocycles. The summed E-state index contributed by atoms with van der Waals surface area (Å²) in [6.07, 6.45) is 7.30. The van der Waals surface area contributed by atoms with E-state index < -0.39 is 0 Å². The van der Waals surface area contributed by atoms with Crippen molar-refractivity contribution in [3.63, 3.8) is 0 Å². The van der Waals surface area contributed by atoms with Crippen molar-refractivity contribution >= 4 is 5.95 Å². The van der Waals surface area contributed by atoms with Gasteiger partial charge in [-0.2, -0.15) is 0 Å². The fraction of sp³-hybridized carbons (Fsp3) is 0.692. The first-order valence-electron chi connectivity index (χ1n) is 6.48. The summed E-state index contributed by atoms with van der Waals surface area (Å²) in [7, 11) is 0. The highest BCUT2D eigenvalue weighted by atomic mass is 15.3. The van der Waals surface area contributed by atoms with E-state index in [-0.39, 0.29) is 0 Å². The molecule has 4 heteroatoms. The molecular formula is C13H22N4. The Morgan fingerprint density at radius 2 is 2.12 bits per heavy atom. The Balaban J connectivity index is 2.07. The molecule has 17 heavy (non-hydrogen) atoms. The zero-order valence-electron chi connectivity index (χ0n) is 10.8. The van der Waals surface area contributed by atoms with Crippen LogP contribution in [0.2, 0.25) is 0 Å². The van der Waals surface area contributed by atoms with Crippen LogP contribution in [0.3, 0.4) is 0 Å². The van der Waals surface area contributed by atoms with E-state index in [9.17, 15) is 0 Å². The molecule has 0 spiro atoms. The van der Waals surface area contributed by atoms with Crippen LogP contribution in [0.25, 0.3) is 0 Å². The second-order valence-electron chi connectivity index (χ2n) is 5.21. The predicted molar refractivity (Wildman–Crippen MR) is 70.0 cm³/mol. The number of hydrogen-bond donors (Lipinski definition) is 1. The van der Waals surface area contributed by atoms with Gasteiger partial charge in [-0.05, 0) is 30.7 Å². The molecule has 0 amide bonds. The SMILES string of the molecule is CC(C)Cc1cnc(N2CCCC2CN)nc1. The molecule has 1 aromatic rings. The molecule has 1 fully saturated rings. The van der Waals surface area contributed by atoms with Crippen molar-refractivity contribution in [2.24, 2.45) is 11.7 Å². The van der Waals surface area contributed by atoms with Crippen LogP contribution in [0.1, 0.15) is 32.3 Å². The molecule has 1 aromatic heterocycles. The predicted octanol–water partition coefficient (Wildman–Crippen LogP) is 1.60. The maximum absolute atomic E-state index is 5.76. The molecular weight excluding hydrogens is 212 g/mol. The second kappa shape index (κ2) is 5.45. The number of anilines is 1. The summed E-state index contributed by atoms with van der Waals surface area (Å²) in [5.74, 6) is 1.48. The maximum atomic E-state index is 5.76. The van der Waals surface area contributed by atoms with Gasteiger partial charge in [0.05, 0.1) is 0 Å². The van der Waals surface area contributed by atoms with Gasteiger partial charge in [0.1, 0.15) is 0 Å². The number of rotatable bonds is 4. The first-order chi connectivity index (χ1) is 8.20. The van der Waals surface area contributed by atoms with E-state index in [1.165, 1.54) is 12.0 Å². The van der Waals surface area contributed by atoms with Crippen molar-refractivity contribution in [3.8, 4) is 0 Å². The molecule has 1 unspecified atom stereocenters. The van der Waals surface area contributed by atoms with Gasteiger partial charge >= 0.3 is 0 Å². The van der Waals surface area contributed by atoms with Crippen molar-refractivity contribution < 1.29 is 0 Å². The van der Waals surface area contributed by atoms with Gasteiger partial charge in [0.2, 0.25) is 5.95 Å². The normalized spacial score (nSPS) is 20.2. The maximum Gasteiger partial charge on any atom is 0.225 e. The Labute approximate surface area is 103 Å².